The minimum Gasteiger partial charge on any atom is -0.398 e. The molecule has 18 heavy (non-hydrogen) atoms. The molecule has 1 aromatic carbocycles. The number of aromatic amines is 1. The van der Waals surface area contributed by atoms with Crippen molar-refractivity contribution in [2.24, 2.45) is 0 Å². The molecule has 0 fully saturated rings. The van der Waals surface area contributed by atoms with Crippen molar-refractivity contribution in [1.29, 1.82) is 0 Å². The van der Waals surface area contributed by atoms with E-state index in [1.807, 2.05) is 37.4 Å². The normalized spacial score (nSPS) is 11.0. The Morgan fingerprint density at radius 2 is 2.06 bits per heavy atom. The second-order valence-corrected chi connectivity index (χ2v) is 4.61. The molecule has 0 radical (unpaired) electrons. The average Bonchev–Trinajstić information content (AvgIpc) is 2.84. The lowest BCUT2D eigenvalue weighted by Gasteiger charge is -2.09. The maximum Gasteiger partial charge on any atom is 0.153 e. The van der Waals surface area contributed by atoms with Crippen molar-refractivity contribution >= 4 is 28.2 Å². The van der Waals surface area contributed by atoms with E-state index < -0.39 is 0 Å². The van der Waals surface area contributed by atoms with Crippen LogP contribution in [0.5, 0.6) is 0 Å². The lowest BCUT2D eigenvalue weighted by molar-refractivity contribution is 1.33. The fraction of sp³-hybridized carbons (Fsp3) is 0.0714. The summed E-state index contributed by atoms with van der Waals surface area (Å²) in [5.74, 6) is 0. The molecule has 2 heterocycles. The number of nitrogens with zero attached hydrogens (tertiary/aromatic N) is 1. The number of halogens is 1. The number of rotatable bonds is 1. The van der Waals surface area contributed by atoms with Crippen molar-refractivity contribution in [3.8, 4) is 11.1 Å². The summed E-state index contributed by atoms with van der Waals surface area (Å²) in [4.78, 5) is 7.33. The van der Waals surface area contributed by atoms with Crippen LogP contribution in [0.4, 0.5) is 5.69 Å². The summed E-state index contributed by atoms with van der Waals surface area (Å²) in [6.45, 7) is 2.01. The van der Waals surface area contributed by atoms with Gasteiger partial charge in [0.1, 0.15) is 0 Å². The standard InChI is InChI=1S/C14H12ClN3/c1-8-9(3-2-4-12(8)16)11-7-18-14(15)13-10(11)5-6-17-13/h2-7,17H,16H2,1H3. The predicted octanol–water partition coefficient (Wildman–Crippen LogP) is 3.77. The molecule has 2 aromatic heterocycles. The summed E-state index contributed by atoms with van der Waals surface area (Å²) in [6, 6.07) is 7.89. The molecule has 3 rings (SSSR count). The summed E-state index contributed by atoms with van der Waals surface area (Å²) >= 11 is 6.06. The number of fused-ring (bicyclic) bond motifs is 1. The molecule has 0 atom stereocenters. The summed E-state index contributed by atoms with van der Waals surface area (Å²) < 4.78 is 0. The van der Waals surface area contributed by atoms with Gasteiger partial charge < -0.3 is 10.7 Å². The van der Waals surface area contributed by atoms with Gasteiger partial charge in [-0.3, -0.25) is 0 Å². The summed E-state index contributed by atoms with van der Waals surface area (Å²) in [6.07, 6.45) is 3.66. The zero-order chi connectivity index (χ0) is 12.7. The third kappa shape index (κ3) is 1.56. The zero-order valence-corrected chi connectivity index (χ0v) is 10.6. The molecule has 0 amide bonds. The second kappa shape index (κ2) is 4.03. The van der Waals surface area contributed by atoms with Crippen LogP contribution in [0.1, 0.15) is 5.56 Å². The predicted molar refractivity (Wildman–Crippen MR) is 75.7 cm³/mol. The summed E-state index contributed by atoms with van der Waals surface area (Å²) in [7, 11) is 0. The highest BCUT2D eigenvalue weighted by atomic mass is 35.5. The molecule has 90 valence electrons. The molecule has 0 spiro atoms. The van der Waals surface area contributed by atoms with E-state index in [0.29, 0.717) is 5.15 Å². The molecular formula is C14H12ClN3. The van der Waals surface area contributed by atoms with Gasteiger partial charge in [-0.15, -0.1) is 0 Å². The molecule has 3 nitrogen and oxygen atoms in total. The minimum absolute atomic E-state index is 0.486. The molecule has 0 bridgehead atoms. The number of H-pyrrole nitrogens is 1. The van der Waals surface area contributed by atoms with Gasteiger partial charge in [0.05, 0.1) is 5.52 Å². The molecule has 3 N–H and O–H groups in total. The molecule has 0 saturated heterocycles. The smallest absolute Gasteiger partial charge is 0.153 e. The lowest BCUT2D eigenvalue weighted by Crippen LogP contribution is -1.93. The van der Waals surface area contributed by atoms with Crippen LogP contribution in [0.25, 0.3) is 22.0 Å². The number of pyridine rings is 1. The number of anilines is 1. The lowest BCUT2D eigenvalue weighted by atomic mass is 9.98. The Balaban J connectivity index is 2.35. The Bertz CT molecular complexity index is 731. The van der Waals surface area contributed by atoms with Gasteiger partial charge in [0, 0.05) is 29.0 Å². The molecule has 0 saturated carbocycles. The topological polar surface area (TPSA) is 54.7 Å². The van der Waals surface area contributed by atoms with Gasteiger partial charge in [0.25, 0.3) is 0 Å². The highest BCUT2D eigenvalue weighted by Gasteiger charge is 2.11. The summed E-state index contributed by atoms with van der Waals surface area (Å²) in [5, 5.41) is 1.55. The number of nitrogens with one attached hydrogen (secondary N) is 1. The molecule has 3 aromatic rings. The van der Waals surface area contributed by atoms with E-state index in [4.69, 9.17) is 17.3 Å². The van der Waals surface area contributed by atoms with E-state index >= 15 is 0 Å². The summed E-state index contributed by atoms with van der Waals surface area (Å²) in [5.41, 5.74) is 10.8. The third-order valence-electron chi connectivity index (χ3n) is 3.22. The van der Waals surface area contributed by atoms with E-state index in [1.165, 1.54) is 0 Å². The molecule has 0 aliphatic rings. The van der Waals surface area contributed by atoms with Crippen molar-refractivity contribution < 1.29 is 0 Å². The van der Waals surface area contributed by atoms with Crippen molar-refractivity contribution in [2.45, 2.75) is 6.92 Å². The van der Waals surface area contributed by atoms with E-state index in [-0.39, 0.29) is 0 Å². The number of benzene rings is 1. The van der Waals surface area contributed by atoms with Crippen LogP contribution in [0.15, 0.2) is 36.7 Å². The van der Waals surface area contributed by atoms with Gasteiger partial charge in [-0.1, -0.05) is 23.7 Å². The van der Waals surface area contributed by atoms with E-state index in [2.05, 4.69) is 9.97 Å². The van der Waals surface area contributed by atoms with Crippen molar-refractivity contribution in [3.05, 3.63) is 47.4 Å². The SMILES string of the molecule is Cc1c(N)cccc1-c1cnc(Cl)c2[nH]ccc12. The monoisotopic (exact) mass is 257 g/mol. The minimum atomic E-state index is 0.486. The van der Waals surface area contributed by atoms with Crippen molar-refractivity contribution in [2.75, 3.05) is 5.73 Å². The quantitative estimate of drug-likeness (QED) is 0.515. The highest BCUT2D eigenvalue weighted by Crippen LogP contribution is 2.33. The van der Waals surface area contributed by atoms with Crippen LogP contribution < -0.4 is 5.73 Å². The van der Waals surface area contributed by atoms with E-state index in [1.54, 1.807) is 6.20 Å². The largest absolute Gasteiger partial charge is 0.398 e. The number of hydrogen-bond donors (Lipinski definition) is 2. The van der Waals surface area contributed by atoms with E-state index in [9.17, 15) is 0 Å². The van der Waals surface area contributed by atoms with Crippen LogP contribution >= 0.6 is 11.6 Å². The number of hydrogen-bond acceptors (Lipinski definition) is 2. The first-order chi connectivity index (χ1) is 8.68. The first kappa shape index (κ1) is 11.1. The fourth-order valence-electron chi connectivity index (χ4n) is 2.18. The Morgan fingerprint density at radius 1 is 1.22 bits per heavy atom. The first-order valence-electron chi connectivity index (χ1n) is 5.65. The van der Waals surface area contributed by atoms with E-state index in [0.717, 1.165) is 33.3 Å². The van der Waals surface area contributed by atoms with Gasteiger partial charge in [0.2, 0.25) is 0 Å². The van der Waals surface area contributed by atoms with Crippen molar-refractivity contribution in [3.63, 3.8) is 0 Å². The van der Waals surface area contributed by atoms with Gasteiger partial charge >= 0.3 is 0 Å². The van der Waals surface area contributed by atoms with Gasteiger partial charge in [-0.05, 0) is 30.2 Å². The average molecular weight is 258 g/mol. The van der Waals surface area contributed by atoms with Crippen LogP contribution in [-0.2, 0) is 0 Å². The number of nitrogens with two attached hydrogens (primary N) is 1. The van der Waals surface area contributed by atoms with Crippen LogP contribution in [0.2, 0.25) is 5.15 Å². The number of nitrogen functional groups attached to an aromatic ring is 1. The second-order valence-electron chi connectivity index (χ2n) is 4.25. The zero-order valence-electron chi connectivity index (χ0n) is 9.87. The van der Waals surface area contributed by atoms with Crippen LogP contribution in [0, 0.1) is 6.92 Å². The molecular weight excluding hydrogens is 246 g/mol. The van der Waals surface area contributed by atoms with Gasteiger partial charge in [0.15, 0.2) is 5.15 Å². The highest BCUT2D eigenvalue weighted by molar-refractivity contribution is 6.34. The first-order valence-corrected chi connectivity index (χ1v) is 6.03. The van der Waals surface area contributed by atoms with Gasteiger partial charge in [-0.2, -0.15) is 0 Å². The number of aromatic nitrogens is 2. The maximum atomic E-state index is 6.06. The van der Waals surface area contributed by atoms with Crippen LogP contribution in [0.3, 0.4) is 0 Å². The van der Waals surface area contributed by atoms with Gasteiger partial charge in [-0.25, -0.2) is 4.98 Å². The molecule has 0 aliphatic carbocycles. The maximum absolute atomic E-state index is 6.06. The van der Waals surface area contributed by atoms with Crippen LogP contribution in [-0.4, -0.2) is 9.97 Å². The fourth-order valence-corrected chi connectivity index (χ4v) is 2.38. The molecule has 4 heteroatoms. The third-order valence-corrected chi connectivity index (χ3v) is 3.50. The Morgan fingerprint density at radius 3 is 2.89 bits per heavy atom. The Labute approximate surface area is 110 Å². The Kier molecular flexibility index (Phi) is 2.49. The molecule has 0 aliphatic heterocycles. The molecule has 0 unspecified atom stereocenters. The van der Waals surface area contributed by atoms with Crippen molar-refractivity contribution in [1.82, 2.24) is 9.97 Å². The Hall–Kier alpha value is -2.00.